The van der Waals surface area contributed by atoms with E-state index < -0.39 is 34.5 Å². The van der Waals surface area contributed by atoms with Crippen LogP contribution in [0, 0.1) is 12.7 Å². The third-order valence-electron chi connectivity index (χ3n) is 4.03. The van der Waals surface area contributed by atoms with E-state index in [4.69, 9.17) is 9.84 Å². The monoisotopic (exact) mass is 388 g/mol. The number of halogens is 1. The van der Waals surface area contributed by atoms with Crippen molar-refractivity contribution in [2.75, 3.05) is 39.0 Å². The summed E-state index contributed by atoms with van der Waals surface area (Å²) >= 11 is 0. The summed E-state index contributed by atoms with van der Waals surface area (Å²) in [5, 5.41) is 8.87. The fourth-order valence-electron chi connectivity index (χ4n) is 2.62. The number of aryl methyl sites for hydroxylation is 1. The zero-order valence-corrected chi connectivity index (χ0v) is 15.3. The van der Waals surface area contributed by atoms with Gasteiger partial charge in [0.2, 0.25) is 10.0 Å². The van der Waals surface area contributed by atoms with Crippen LogP contribution in [0.4, 0.5) is 4.39 Å². The third kappa shape index (κ3) is 5.23. The van der Waals surface area contributed by atoms with Crippen LogP contribution in [-0.2, 0) is 19.6 Å². The Morgan fingerprint density at radius 3 is 2.69 bits per heavy atom. The molecular formula is C16H21FN2O6S. The minimum Gasteiger partial charge on any atom is -0.480 e. The fraction of sp³-hybridized carbons (Fsp3) is 0.500. The van der Waals surface area contributed by atoms with E-state index in [1.54, 1.807) is 6.92 Å². The first-order valence-electron chi connectivity index (χ1n) is 7.92. The van der Waals surface area contributed by atoms with Gasteiger partial charge in [-0.3, -0.25) is 9.59 Å². The normalized spacial score (nSPS) is 18.2. The van der Waals surface area contributed by atoms with Gasteiger partial charge in [-0.05, 0) is 24.6 Å². The highest BCUT2D eigenvalue weighted by Gasteiger charge is 2.30. The lowest BCUT2D eigenvalue weighted by molar-refractivity contribution is -0.137. The van der Waals surface area contributed by atoms with Crippen molar-refractivity contribution in [1.29, 1.82) is 0 Å². The second kappa shape index (κ2) is 8.11. The van der Waals surface area contributed by atoms with Crippen molar-refractivity contribution in [2.45, 2.75) is 13.0 Å². The lowest BCUT2D eigenvalue weighted by Crippen LogP contribution is -2.51. The van der Waals surface area contributed by atoms with Crippen LogP contribution in [0.3, 0.4) is 0 Å². The maximum atomic E-state index is 13.7. The first-order valence-corrected chi connectivity index (χ1v) is 9.76. The van der Waals surface area contributed by atoms with Crippen LogP contribution in [0.15, 0.2) is 18.2 Å². The topological polar surface area (TPSA) is 104 Å². The number of ether oxygens (including phenoxy) is 1. The number of sulfonamides is 1. The quantitative estimate of drug-likeness (QED) is 0.753. The smallest absolute Gasteiger partial charge is 0.318 e. The number of benzene rings is 1. The summed E-state index contributed by atoms with van der Waals surface area (Å²) in [6.07, 6.45) is 0.244. The van der Waals surface area contributed by atoms with Crippen molar-refractivity contribution in [3.8, 4) is 0 Å². The number of carbonyl (C=O) groups is 2. The van der Waals surface area contributed by atoms with Crippen LogP contribution < -0.4 is 0 Å². The molecule has 1 unspecified atom stereocenters. The summed E-state index contributed by atoms with van der Waals surface area (Å²) in [7, 11) is -3.74. The van der Waals surface area contributed by atoms with E-state index in [-0.39, 0.29) is 37.7 Å². The molecule has 0 spiro atoms. The molecule has 144 valence electrons. The summed E-state index contributed by atoms with van der Waals surface area (Å²) in [6, 6.07) is 4.20. The van der Waals surface area contributed by atoms with Crippen LogP contribution in [0.25, 0.3) is 0 Å². The summed E-state index contributed by atoms with van der Waals surface area (Å²) in [4.78, 5) is 24.9. The average molecular weight is 388 g/mol. The molecule has 0 bridgehead atoms. The molecule has 0 aromatic heterocycles. The Morgan fingerprint density at radius 2 is 2.12 bits per heavy atom. The first-order chi connectivity index (χ1) is 12.1. The molecule has 1 saturated heterocycles. The van der Waals surface area contributed by atoms with E-state index in [1.165, 1.54) is 17.0 Å². The molecule has 1 fully saturated rings. The highest BCUT2D eigenvalue weighted by molar-refractivity contribution is 7.88. The SMILES string of the molecule is Cc1ccc(C(=O)N2CCOC(CN(CC(=O)O)S(C)(=O)=O)C2)cc1F. The van der Waals surface area contributed by atoms with Crippen LogP contribution in [0.2, 0.25) is 0 Å². The van der Waals surface area contributed by atoms with Crippen LogP contribution in [0.1, 0.15) is 15.9 Å². The van der Waals surface area contributed by atoms with Crippen molar-refractivity contribution in [3.05, 3.63) is 35.1 Å². The molecule has 1 aliphatic heterocycles. The Hall–Kier alpha value is -2.04. The molecule has 0 aliphatic carbocycles. The number of carboxylic acids is 1. The van der Waals surface area contributed by atoms with Gasteiger partial charge in [0.25, 0.3) is 5.91 Å². The van der Waals surface area contributed by atoms with Crippen LogP contribution in [0.5, 0.6) is 0 Å². The van der Waals surface area contributed by atoms with Gasteiger partial charge >= 0.3 is 5.97 Å². The third-order valence-corrected chi connectivity index (χ3v) is 5.25. The molecule has 1 N–H and O–H groups in total. The fourth-order valence-corrected chi connectivity index (χ4v) is 3.40. The van der Waals surface area contributed by atoms with Gasteiger partial charge < -0.3 is 14.7 Å². The second-order valence-electron chi connectivity index (χ2n) is 6.16. The maximum Gasteiger partial charge on any atom is 0.318 e. The van der Waals surface area contributed by atoms with Gasteiger partial charge in [-0.15, -0.1) is 0 Å². The highest BCUT2D eigenvalue weighted by atomic mass is 32.2. The Kier molecular flexibility index (Phi) is 6.32. The maximum absolute atomic E-state index is 13.7. The van der Waals surface area contributed by atoms with Crippen LogP contribution in [-0.4, -0.2) is 79.8 Å². The Labute approximate surface area is 151 Å². The predicted octanol–water partition coefficient (Wildman–Crippen LogP) is 0.321. The number of morpholine rings is 1. The summed E-state index contributed by atoms with van der Waals surface area (Å²) in [6.45, 7) is 1.27. The molecule has 26 heavy (non-hydrogen) atoms. The van der Waals surface area contributed by atoms with E-state index in [1.807, 2.05) is 0 Å². The highest BCUT2D eigenvalue weighted by Crippen LogP contribution is 2.15. The number of hydrogen-bond donors (Lipinski definition) is 1. The zero-order chi connectivity index (χ0) is 19.5. The van der Waals surface area contributed by atoms with Crippen LogP contribution >= 0.6 is 0 Å². The Morgan fingerprint density at radius 1 is 1.42 bits per heavy atom. The molecule has 1 atom stereocenters. The lowest BCUT2D eigenvalue weighted by atomic mass is 10.1. The average Bonchev–Trinajstić information content (AvgIpc) is 2.55. The van der Waals surface area contributed by atoms with E-state index in [2.05, 4.69) is 0 Å². The van der Waals surface area contributed by atoms with E-state index in [9.17, 15) is 22.4 Å². The number of amides is 1. The molecular weight excluding hydrogens is 367 g/mol. The minimum absolute atomic E-state index is 0.0833. The molecule has 8 nitrogen and oxygen atoms in total. The Bertz CT molecular complexity index is 798. The second-order valence-corrected chi connectivity index (χ2v) is 8.14. The lowest BCUT2D eigenvalue weighted by Gasteiger charge is -2.35. The summed E-state index contributed by atoms with van der Waals surface area (Å²) in [5.41, 5.74) is 0.623. The Balaban J connectivity index is 2.09. The standard InChI is InChI=1S/C16H21FN2O6S/c1-11-3-4-12(7-14(11)17)16(22)18-5-6-25-13(8-18)9-19(10-15(20)21)26(2,23)24/h3-4,7,13H,5-6,8-10H2,1-2H3,(H,20,21). The van der Waals surface area contributed by atoms with Crippen molar-refractivity contribution in [3.63, 3.8) is 0 Å². The predicted molar refractivity (Wildman–Crippen MR) is 90.8 cm³/mol. The van der Waals surface area contributed by atoms with Gasteiger partial charge in [0.1, 0.15) is 12.4 Å². The van der Waals surface area contributed by atoms with Crippen molar-refractivity contribution < 1.29 is 32.2 Å². The molecule has 1 aromatic rings. The van der Waals surface area contributed by atoms with Crippen molar-refractivity contribution in [2.24, 2.45) is 0 Å². The van der Waals surface area contributed by atoms with E-state index in [0.29, 0.717) is 5.56 Å². The van der Waals surface area contributed by atoms with Gasteiger partial charge in [0.05, 0.1) is 19.0 Å². The number of rotatable bonds is 6. The zero-order valence-electron chi connectivity index (χ0n) is 14.5. The van der Waals surface area contributed by atoms with Gasteiger partial charge in [-0.1, -0.05) is 6.07 Å². The van der Waals surface area contributed by atoms with E-state index >= 15 is 0 Å². The number of hydrogen-bond acceptors (Lipinski definition) is 5. The molecule has 1 heterocycles. The minimum atomic E-state index is -3.74. The summed E-state index contributed by atoms with van der Waals surface area (Å²) < 4.78 is 43.4. The molecule has 10 heteroatoms. The number of aliphatic carboxylic acids is 1. The van der Waals surface area contributed by atoms with Gasteiger partial charge in [0, 0.05) is 25.2 Å². The number of carbonyl (C=O) groups excluding carboxylic acids is 1. The number of carboxylic acid groups (broad SMARTS) is 1. The van der Waals surface area contributed by atoms with Gasteiger partial charge in [-0.2, -0.15) is 4.31 Å². The molecule has 2 rings (SSSR count). The largest absolute Gasteiger partial charge is 0.480 e. The van der Waals surface area contributed by atoms with Crippen molar-refractivity contribution >= 4 is 21.9 Å². The molecule has 1 amide bonds. The van der Waals surface area contributed by atoms with Gasteiger partial charge in [-0.25, -0.2) is 12.8 Å². The first kappa shape index (κ1) is 20.3. The molecule has 1 aliphatic rings. The molecule has 1 aromatic carbocycles. The van der Waals surface area contributed by atoms with Gasteiger partial charge in [0.15, 0.2) is 0 Å². The van der Waals surface area contributed by atoms with Crippen molar-refractivity contribution in [1.82, 2.24) is 9.21 Å². The number of nitrogens with zero attached hydrogens (tertiary/aromatic N) is 2. The molecule has 0 radical (unpaired) electrons. The summed E-state index contributed by atoms with van der Waals surface area (Å²) in [5.74, 6) is -2.15. The van der Waals surface area contributed by atoms with E-state index in [0.717, 1.165) is 16.6 Å². The molecule has 0 saturated carbocycles.